The molecule has 2 aromatic rings. The van der Waals surface area contributed by atoms with Gasteiger partial charge in [-0.3, -0.25) is 4.90 Å². The van der Waals surface area contributed by atoms with Gasteiger partial charge in [0.2, 0.25) is 0 Å². The Hall–Kier alpha value is -2.27. The summed E-state index contributed by atoms with van der Waals surface area (Å²) in [6.45, 7) is 4.53. The maximum absolute atomic E-state index is 12.8. The summed E-state index contributed by atoms with van der Waals surface area (Å²) in [5.74, 6) is 1.58. The predicted molar refractivity (Wildman–Crippen MR) is 108 cm³/mol. The average molecular weight is 386 g/mol. The smallest absolute Gasteiger partial charge is 0.416 e. The van der Waals surface area contributed by atoms with Gasteiger partial charge in [0.25, 0.3) is 0 Å². The number of aromatic nitrogens is 1. The summed E-state index contributed by atoms with van der Waals surface area (Å²) in [4.78, 5) is 21.4. The number of cyclic esters (lactones) is 1. The van der Waals surface area contributed by atoms with Crippen LogP contribution in [-0.4, -0.2) is 30.7 Å². The minimum absolute atomic E-state index is 0.369. The molecule has 2 aliphatic rings. The van der Waals surface area contributed by atoms with Crippen LogP contribution in [0.5, 0.6) is 0 Å². The fourth-order valence-corrected chi connectivity index (χ4v) is 4.00. The van der Waals surface area contributed by atoms with E-state index in [9.17, 15) is 4.79 Å². The van der Waals surface area contributed by atoms with Gasteiger partial charge >= 0.3 is 6.09 Å². The van der Waals surface area contributed by atoms with Crippen molar-refractivity contribution in [3.63, 3.8) is 0 Å². The third-order valence-corrected chi connectivity index (χ3v) is 5.69. The number of piperidine rings is 1. The first kappa shape index (κ1) is 18.1. The number of hydrogen-bond donors (Lipinski definition) is 0. The van der Waals surface area contributed by atoms with Crippen molar-refractivity contribution < 1.29 is 9.53 Å². The summed E-state index contributed by atoms with van der Waals surface area (Å²) in [5.41, 5.74) is 0.237. The molecule has 0 spiro atoms. The lowest BCUT2D eigenvalue weighted by atomic mass is 9.91. The lowest BCUT2D eigenvalue weighted by molar-refractivity contribution is 0.00565. The average Bonchev–Trinajstić information content (AvgIpc) is 2.69. The molecule has 2 aliphatic heterocycles. The Balaban J connectivity index is 1.52. The van der Waals surface area contributed by atoms with Crippen LogP contribution >= 0.6 is 11.6 Å². The van der Waals surface area contributed by atoms with Gasteiger partial charge in [-0.2, -0.15) is 0 Å². The number of benzene rings is 1. The first-order valence-electron chi connectivity index (χ1n) is 9.54. The Kier molecular flexibility index (Phi) is 4.96. The molecule has 0 radical (unpaired) electrons. The maximum atomic E-state index is 12.8. The van der Waals surface area contributed by atoms with E-state index in [0.717, 1.165) is 24.5 Å². The van der Waals surface area contributed by atoms with Crippen molar-refractivity contribution in [3.05, 3.63) is 53.1 Å². The lowest BCUT2D eigenvalue weighted by Gasteiger charge is -2.39. The number of halogens is 1. The van der Waals surface area contributed by atoms with Gasteiger partial charge in [0.15, 0.2) is 0 Å². The van der Waals surface area contributed by atoms with Crippen LogP contribution in [0.2, 0.25) is 5.02 Å². The minimum atomic E-state index is -0.678. The Labute approximate surface area is 164 Å². The highest BCUT2D eigenvalue weighted by Crippen LogP contribution is 2.36. The normalized spacial score (nSPS) is 23.3. The topological polar surface area (TPSA) is 45.7 Å². The zero-order valence-electron chi connectivity index (χ0n) is 15.5. The predicted octanol–water partition coefficient (Wildman–Crippen LogP) is 4.99. The van der Waals surface area contributed by atoms with E-state index in [1.54, 1.807) is 4.90 Å². The van der Waals surface area contributed by atoms with E-state index in [0.29, 0.717) is 23.8 Å². The molecule has 1 atom stereocenters. The number of pyridine rings is 1. The molecule has 0 N–H and O–H groups in total. The molecule has 1 amide bonds. The number of rotatable bonds is 3. The van der Waals surface area contributed by atoms with Gasteiger partial charge in [-0.25, -0.2) is 9.78 Å². The van der Waals surface area contributed by atoms with E-state index in [2.05, 4.69) is 4.90 Å². The molecule has 1 aromatic carbocycles. The number of hydrogen-bond acceptors (Lipinski definition) is 4. The molecular weight excluding hydrogens is 362 g/mol. The Morgan fingerprint density at radius 1 is 1.04 bits per heavy atom. The van der Waals surface area contributed by atoms with Crippen molar-refractivity contribution in [1.29, 1.82) is 0 Å². The van der Waals surface area contributed by atoms with Crippen LogP contribution in [0.15, 0.2) is 42.5 Å². The Bertz CT molecular complexity index is 838. The van der Waals surface area contributed by atoms with Crippen LogP contribution in [0.1, 0.15) is 38.2 Å². The highest BCUT2D eigenvalue weighted by atomic mass is 35.5. The molecule has 4 rings (SSSR count). The summed E-state index contributed by atoms with van der Waals surface area (Å²) in [5, 5.41) is 0.642. The second-order valence-electron chi connectivity index (χ2n) is 7.41. The van der Waals surface area contributed by atoms with E-state index in [-0.39, 0.29) is 6.09 Å². The van der Waals surface area contributed by atoms with Crippen molar-refractivity contribution in [2.75, 3.05) is 29.4 Å². The van der Waals surface area contributed by atoms with Crippen LogP contribution in [0, 0.1) is 0 Å². The zero-order chi connectivity index (χ0) is 18.9. The van der Waals surface area contributed by atoms with Gasteiger partial charge in [-0.05, 0) is 56.0 Å². The van der Waals surface area contributed by atoms with Gasteiger partial charge in [0.05, 0.1) is 0 Å². The van der Waals surface area contributed by atoms with Gasteiger partial charge in [-0.1, -0.05) is 29.8 Å². The number of nitrogens with zero attached hydrogens (tertiary/aromatic N) is 3. The molecular formula is C21H24ClN3O2. The fraction of sp³-hybridized carbons (Fsp3) is 0.429. The quantitative estimate of drug-likeness (QED) is 0.746. The third kappa shape index (κ3) is 3.74. The molecule has 0 bridgehead atoms. The van der Waals surface area contributed by atoms with Gasteiger partial charge in [-0.15, -0.1) is 0 Å². The maximum Gasteiger partial charge on any atom is 0.416 e. The first-order valence-corrected chi connectivity index (χ1v) is 9.91. The molecule has 2 saturated heterocycles. The molecule has 0 saturated carbocycles. The highest BCUT2D eigenvalue weighted by molar-refractivity contribution is 6.30. The number of anilines is 2. The van der Waals surface area contributed by atoms with E-state index in [1.165, 1.54) is 19.3 Å². The molecule has 6 heteroatoms. The van der Waals surface area contributed by atoms with Crippen LogP contribution in [0.3, 0.4) is 0 Å². The van der Waals surface area contributed by atoms with Crippen molar-refractivity contribution >= 4 is 29.3 Å². The molecule has 5 nitrogen and oxygen atoms in total. The first-order chi connectivity index (χ1) is 13.0. The van der Waals surface area contributed by atoms with E-state index >= 15 is 0 Å². The summed E-state index contributed by atoms with van der Waals surface area (Å²) >= 11 is 6.11. The molecule has 3 heterocycles. The van der Waals surface area contributed by atoms with E-state index in [4.69, 9.17) is 21.3 Å². The second-order valence-corrected chi connectivity index (χ2v) is 7.85. The summed E-state index contributed by atoms with van der Waals surface area (Å²) in [7, 11) is 0. The van der Waals surface area contributed by atoms with Gasteiger partial charge in [0, 0.05) is 31.1 Å². The van der Waals surface area contributed by atoms with Crippen molar-refractivity contribution in [2.45, 2.75) is 38.2 Å². The molecule has 27 heavy (non-hydrogen) atoms. The number of ether oxygens (including phenoxy) is 1. The van der Waals surface area contributed by atoms with Crippen LogP contribution in [-0.2, 0) is 10.3 Å². The largest absolute Gasteiger partial charge is 0.438 e. The molecule has 0 aliphatic carbocycles. The van der Waals surface area contributed by atoms with Gasteiger partial charge in [0.1, 0.15) is 17.2 Å². The molecule has 2 fully saturated rings. The highest BCUT2D eigenvalue weighted by Gasteiger charge is 2.39. The lowest BCUT2D eigenvalue weighted by Crippen LogP contribution is -2.47. The Morgan fingerprint density at radius 2 is 1.78 bits per heavy atom. The summed E-state index contributed by atoms with van der Waals surface area (Å²) in [6.07, 6.45) is 3.96. The second kappa shape index (κ2) is 7.39. The number of carbonyl (C=O) groups is 1. The summed E-state index contributed by atoms with van der Waals surface area (Å²) in [6, 6.07) is 13.4. The van der Waals surface area contributed by atoms with Crippen molar-refractivity contribution in [1.82, 2.24) is 4.98 Å². The van der Waals surface area contributed by atoms with Crippen LogP contribution in [0.25, 0.3) is 0 Å². The zero-order valence-corrected chi connectivity index (χ0v) is 16.3. The molecule has 1 unspecified atom stereocenters. The van der Waals surface area contributed by atoms with Crippen LogP contribution < -0.4 is 9.80 Å². The molecule has 1 aromatic heterocycles. The van der Waals surface area contributed by atoms with Crippen LogP contribution in [0.4, 0.5) is 16.4 Å². The SMILES string of the molecule is CC1(c2cccc(Cl)c2)CCN(c2cccc(N3CCCCC3)n2)C(=O)O1. The van der Waals surface area contributed by atoms with Crippen molar-refractivity contribution in [2.24, 2.45) is 0 Å². The van der Waals surface area contributed by atoms with Gasteiger partial charge < -0.3 is 9.64 Å². The Morgan fingerprint density at radius 3 is 2.52 bits per heavy atom. The van der Waals surface area contributed by atoms with Crippen molar-refractivity contribution in [3.8, 4) is 0 Å². The molecule has 142 valence electrons. The monoisotopic (exact) mass is 385 g/mol. The van der Waals surface area contributed by atoms with E-state index in [1.807, 2.05) is 49.4 Å². The number of amides is 1. The number of carbonyl (C=O) groups excluding carboxylic acids is 1. The standard InChI is InChI=1S/C21H24ClN3O2/c1-21(16-7-5-8-17(22)15-16)11-14-25(20(26)27-21)19-10-6-9-18(23-19)24-12-3-2-4-13-24/h5-10,15H,2-4,11-14H2,1H3. The van der Waals surface area contributed by atoms with E-state index < -0.39 is 5.60 Å². The minimum Gasteiger partial charge on any atom is -0.438 e. The fourth-order valence-electron chi connectivity index (χ4n) is 3.81. The summed E-state index contributed by atoms with van der Waals surface area (Å²) < 4.78 is 5.84. The third-order valence-electron chi connectivity index (χ3n) is 5.46.